The Morgan fingerprint density at radius 1 is 1.12 bits per heavy atom. The number of aliphatic hydroxyl groups is 1. The summed E-state index contributed by atoms with van der Waals surface area (Å²) < 4.78 is 0. The molecule has 1 aliphatic heterocycles. The molecule has 7 nitrogen and oxygen atoms in total. The van der Waals surface area contributed by atoms with E-state index in [9.17, 15) is 15.0 Å². The number of phenols is 1. The summed E-state index contributed by atoms with van der Waals surface area (Å²) in [6.45, 7) is 8.16. The van der Waals surface area contributed by atoms with Gasteiger partial charge in [0.15, 0.2) is 5.82 Å². The van der Waals surface area contributed by atoms with Crippen LogP contribution in [0.25, 0.3) is 22.3 Å². The quantitative estimate of drug-likeness (QED) is 0.629. The molecular weight excluding hydrogens is 404 g/mol. The van der Waals surface area contributed by atoms with Crippen LogP contribution >= 0.6 is 0 Å². The number of aryl methyl sites for hydroxylation is 1. The summed E-state index contributed by atoms with van der Waals surface area (Å²) >= 11 is 0. The number of hydrogen-bond donors (Lipinski definition) is 2. The van der Waals surface area contributed by atoms with Crippen molar-refractivity contribution in [3.8, 4) is 17.1 Å². The van der Waals surface area contributed by atoms with Gasteiger partial charge in [0.25, 0.3) is 5.91 Å². The molecule has 32 heavy (non-hydrogen) atoms. The first-order chi connectivity index (χ1) is 15.4. The van der Waals surface area contributed by atoms with Crippen LogP contribution in [0.5, 0.6) is 5.75 Å². The lowest BCUT2D eigenvalue weighted by Gasteiger charge is -2.37. The number of piperazine rings is 1. The Bertz CT molecular complexity index is 1140. The highest BCUT2D eigenvalue weighted by molar-refractivity contribution is 5.92. The van der Waals surface area contributed by atoms with Gasteiger partial charge in [-0.25, -0.2) is 9.97 Å². The molecule has 3 aromatic rings. The zero-order valence-electron chi connectivity index (χ0n) is 18.8. The van der Waals surface area contributed by atoms with Crippen LogP contribution in [0.4, 0.5) is 5.82 Å². The zero-order chi connectivity index (χ0) is 22.8. The van der Waals surface area contributed by atoms with Crippen molar-refractivity contribution in [2.75, 3.05) is 31.1 Å². The molecule has 4 rings (SSSR count). The number of aromatic hydroxyl groups is 1. The zero-order valence-corrected chi connectivity index (χ0v) is 18.8. The van der Waals surface area contributed by atoms with Crippen LogP contribution in [0.1, 0.15) is 28.7 Å². The molecular formula is C25H34N4O3. The number of aliphatic hydroxyl groups excluding tert-OH is 1. The van der Waals surface area contributed by atoms with Crippen molar-refractivity contribution in [2.24, 2.45) is 5.92 Å². The Labute approximate surface area is 191 Å². The van der Waals surface area contributed by atoms with Crippen LogP contribution < -0.4 is 4.90 Å². The first kappa shape index (κ1) is 22.0. The van der Waals surface area contributed by atoms with Crippen LogP contribution in [-0.2, 0) is 4.79 Å². The molecule has 0 saturated carbocycles. The molecule has 0 spiro atoms. The summed E-state index contributed by atoms with van der Waals surface area (Å²) in [6.07, 6.45) is -0.198. The molecule has 1 aliphatic rings. The second kappa shape index (κ2) is 9.12. The maximum Gasteiger partial charge on any atom is 0.251 e. The molecule has 2 atom stereocenters. The van der Waals surface area contributed by atoms with E-state index in [2.05, 4.69) is 4.90 Å². The Morgan fingerprint density at radius 3 is 2.53 bits per heavy atom. The van der Waals surface area contributed by atoms with Crippen LogP contribution in [0.15, 0.2) is 42.5 Å². The van der Waals surface area contributed by atoms with Crippen molar-refractivity contribution in [1.82, 2.24) is 14.9 Å². The number of phenolic OH excluding ortho intramolecular Hbond substituents is 1. The van der Waals surface area contributed by atoms with E-state index in [4.69, 9.17) is 9.97 Å². The fraction of sp³-hybridized carbons (Fsp3) is 0.400. The molecule has 2 heterocycles. The Balaban J connectivity index is 0.00000204. The lowest BCUT2D eigenvalue weighted by atomic mass is 10.0. The third-order valence-corrected chi connectivity index (χ3v) is 6.30. The Hall–Kier alpha value is -3.19. The van der Waals surface area contributed by atoms with Gasteiger partial charge in [-0.3, -0.25) is 4.79 Å². The molecule has 1 aromatic heterocycles. The second-order valence-electron chi connectivity index (χ2n) is 8.55. The summed E-state index contributed by atoms with van der Waals surface area (Å²) in [7, 11) is 0. The van der Waals surface area contributed by atoms with Gasteiger partial charge in [0.05, 0.1) is 11.1 Å². The SMILES string of the molecule is CC[C@@H](C)[C@@H](O)C(=O)N1CCN(c2nc(-c3ccccc3O)nc3cc(C)ccc23)CC1.[HH].[HH]. The Morgan fingerprint density at radius 2 is 1.84 bits per heavy atom. The average Bonchev–Trinajstić information content (AvgIpc) is 2.82. The molecule has 2 aromatic carbocycles. The fourth-order valence-electron chi connectivity index (χ4n) is 4.04. The van der Waals surface area contributed by atoms with E-state index in [0.717, 1.165) is 28.7 Å². The average molecular weight is 439 g/mol. The molecule has 2 N–H and O–H groups in total. The lowest BCUT2D eigenvalue weighted by Crippen LogP contribution is -2.52. The molecule has 172 valence electrons. The second-order valence-corrected chi connectivity index (χ2v) is 8.55. The molecule has 7 heteroatoms. The van der Waals surface area contributed by atoms with Crippen molar-refractivity contribution in [3.63, 3.8) is 0 Å². The Kier molecular flexibility index (Phi) is 6.28. The van der Waals surface area contributed by atoms with Gasteiger partial charge in [0.1, 0.15) is 17.7 Å². The molecule has 0 aliphatic carbocycles. The molecule has 0 bridgehead atoms. The fourth-order valence-corrected chi connectivity index (χ4v) is 4.04. The summed E-state index contributed by atoms with van der Waals surface area (Å²) in [5.41, 5.74) is 2.50. The van der Waals surface area contributed by atoms with E-state index in [0.29, 0.717) is 37.6 Å². The van der Waals surface area contributed by atoms with Crippen molar-refractivity contribution in [3.05, 3.63) is 48.0 Å². The number of para-hydroxylation sites is 1. The predicted octanol–water partition coefficient (Wildman–Crippen LogP) is 3.86. The van der Waals surface area contributed by atoms with Gasteiger partial charge in [0, 0.05) is 34.4 Å². The summed E-state index contributed by atoms with van der Waals surface area (Å²) in [5.74, 6) is 1.15. The molecule has 1 amide bonds. The van der Waals surface area contributed by atoms with Gasteiger partial charge in [-0.05, 0) is 42.7 Å². The smallest absolute Gasteiger partial charge is 0.251 e. The van der Waals surface area contributed by atoms with Crippen LogP contribution in [0.2, 0.25) is 0 Å². The first-order valence-electron chi connectivity index (χ1n) is 11.2. The third-order valence-electron chi connectivity index (χ3n) is 6.30. The number of carbonyl (C=O) groups excluding carboxylic acids is 1. The predicted molar refractivity (Wildman–Crippen MR) is 130 cm³/mol. The molecule has 1 fully saturated rings. The summed E-state index contributed by atoms with van der Waals surface area (Å²) in [6, 6.07) is 13.2. The van der Waals surface area contributed by atoms with Crippen LogP contribution in [-0.4, -0.2) is 63.3 Å². The van der Waals surface area contributed by atoms with Crippen molar-refractivity contribution >= 4 is 22.6 Å². The number of amides is 1. The maximum absolute atomic E-state index is 12.7. The van der Waals surface area contributed by atoms with E-state index in [1.165, 1.54) is 0 Å². The number of aromatic nitrogens is 2. The number of carbonyl (C=O) groups is 1. The lowest BCUT2D eigenvalue weighted by molar-refractivity contribution is -0.143. The minimum Gasteiger partial charge on any atom is -0.507 e. The summed E-state index contributed by atoms with van der Waals surface area (Å²) in [5, 5.41) is 21.6. The minimum atomic E-state index is -0.956. The van der Waals surface area contributed by atoms with E-state index in [1.807, 2.05) is 51.1 Å². The molecule has 0 radical (unpaired) electrons. The van der Waals surface area contributed by atoms with Crippen LogP contribution in [0.3, 0.4) is 0 Å². The number of anilines is 1. The van der Waals surface area contributed by atoms with Crippen LogP contribution in [0, 0.1) is 12.8 Å². The third kappa shape index (κ3) is 4.25. The van der Waals surface area contributed by atoms with E-state index >= 15 is 0 Å². The monoisotopic (exact) mass is 438 g/mol. The normalized spacial score (nSPS) is 16.2. The number of rotatable bonds is 5. The molecule has 1 saturated heterocycles. The number of fused-ring (bicyclic) bond motifs is 1. The highest BCUT2D eigenvalue weighted by atomic mass is 16.3. The first-order valence-corrected chi connectivity index (χ1v) is 11.2. The van der Waals surface area contributed by atoms with Gasteiger partial charge in [-0.15, -0.1) is 0 Å². The number of nitrogens with zero attached hydrogens (tertiary/aromatic N) is 4. The van der Waals surface area contributed by atoms with Gasteiger partial charge in [-0.1, -0.05) is 38.5 Å². The highest BCUT2D eigenvalue weighted by Gasteiger charge is 2.30. The van der Waals surface area contributed by atoms with Gasteiger partial charge >= 0.3 is 0 Å². The van der Waals surface area contributed by atoms with Gasteiger partial charge in [0.2, 0.25) is 0 Å². The van der Waals surface area contributed by atoms with Gasteiger partial charge in [-0.2, -0.15) is 0 Å². The van der Waals surface area contributed by atoms with Crippen molar-refractivity contribution in [2.45, 2.75) is 33.3 Å². The van der Waals surface area contributed by atoms with E-state index < -0.39 is 6.10 Å². The number of hydrogen-bond acceptors (Lipinski definition) is 6. The minimum absolute atomic E-state index is 0. The van der Waals surface area contributed by atoms with Crippen molar-refractivity contribution < 1.29 is 17.9 Å². The maximum atomic E-state index is 12.7. The largest absolute Gasteiger partial charge is 0.507 e. The summed E-state index contributed by atoms with van der Waals surface area (Å²) in [4.78, 5) is 26.1. The topological polar surface area (TPSA) is 89.8 Å². The van der Waals surface area contributed by atoms with E-state index in [1.54, 1.807) is 17.0 Å². The highest BCUT2D eigenvalue weighted by Crippen LogP contribution is 2.32. The number of benzene rings is 2. The van der Waals surface area contributed by atoms with Gasteiger partial charge < -0.3 is 20.0 Å². The van der Waals surface area contributed by atoms with E-state index in [-0.39, 0.29) is 20.4 Å². The molecule has 0 unspecified atom stereocenters. The van der Waals surface area contributed by atoms with Crippen molar-refractivity contribution in [1.29, 1.82) is 0 Å². The standard InChI is InChI=1S/C25H30N4O3.2H2/c1-4-17(3)22(31)25(32)29-13-11-28(12-14-29)24-18-10-9-16(2)15-20(18)26-23(27-24)19-7-5-6-8-21(19)30;;/h5-10,15,17,22,30-31H,4,11-14H2,1-3H3;2*1H/t17-,22-;;/m1../s1.